The van der Waals surface area contributed by atoms with Crippen LogP contribution in [0.4, 0.5) is 16.2 Å². The Labute approximate surface area is 171 Å². The molecule has 0 aliphatic carbocycles. The lowest BCUT2D eigenvalue weighted by molar-refractivity contribution is 0.0951. The van der Waals surface area contributed by atoms with Crippen molar-refractivity contribution < 1.29 is 9.59 Å². The van der Waals surface area contributed by atoms with Crippen LogP contribution in [0.1, 0.15) is 35.8 Å². The van der Waals surface area contributed by atoms with Crippen molar-refractivity contribution in [2.45, 2.75) is 26.7 Å². The van der Waals surface area contributed by atoms with Gasteiger partial charge in [0.25, 0.3) is 5.91 Å². The molecule has 0 spiro atoms. The van der Waals surface area contributed by atoms with Crippen LogP contribution in [-0.2, 0) is 0 Å². The summed E-state index contributed by atoms with van der Waals surface area (Å²) in [6.07, 6.45) is 3.79. The molecule has 2 aromatic rings. The second-order valence-electron chi connectivity index (χ2n) is 7.41. The summed E-state index contributed by atoms with van der Waals surface area (Å²) < 4.78 is 0. The molecule has 7 nitrogen and oxygen atoms in total. The number of aromatic nitrogens is 1. The third-order valence-corrected chi connectivity index (χ3v) is 5.06. The molecule has 1 atom stereocenters. The molecule has 154 valence electrons. The molecule has 0 saturated carbocycles. The van der Waals surface area contributed by atoms with Crippen LogP contribution in [0.2, 0.25) is 0 Å². The number of pyridine rings is 1. The van der Waals surface area contributed by atoms with Gasteiger partial charge in [0.05, 0.1) is 0 Å². The molecule has 3 rings (SSSR count). The van der Waals surface area contributed by atoms with Crippen LogP contribution in [0.5, 0.6) is 0 Å². The van der Waals surface area contributed by atoms with Crippen LogP contribution >= 0.6 is 0 Å². The van der Waals surface area contributed by atoms with E-state index in [0.29, 0.717) is 24.7 Å². The first-order chi connectivity index (χ1) is 14.0. The topological polar surface area (TPSA) is 86.4 Å². The number of carbonyl (C=O) groups excluding carboxylic acids is 2. The number of anilines is 2. The zero-order valence-corrected chi connectivity index (χ0v) is 17.1. The smallest absolute Gasteiger partial charge is 0.319 e. The molecular formula is C22H29N5O2. The zero-order chi connectivity index (χ0) is 20.6. The van der Waals surface area contributed by atoms with Crippen molar-refractivity contribution in [1.82, 2.24) is 15.6 Å². The van der Waals surface area contributed by atoms with Gasteiger partial charge in [0.15, 0.2) is 0 Å². The van der Waals surface area contributed by atoms with Gasteiger partial charge in [0, 0.05) is 43.8 Å². The van der Waals surface area contributed by atoms with Crippen molar-refractivity contribution in [2.24, 2.45) is 5.92 Å². The molecule has 0 bridgehead atoms. The Hall–Kier alpha value is -3.09. The Morgan fingerprint density at radius 3 is 2.72 bits per heavy atom. The van der Waals surface area contributed by atoms with Gasteiger partial charge in [-0.25, -0.2) is 4.79 Å². The molecular weight excluding hydrogens is 366 g/mol. The van der Waals surface area contributed by atoms with Gasteiger partial charge >= 0.3 is 6.03 Å². The van der Waals surface area contributed by atoms with Crippen LogP contribution in [0.25, 0.3) is 0 Å². The Balaban J connectivity index is 1.52. The summed E-state index contributed by atoms with van der Waals surface area (Å²) in [4.78, 5) is 30.7. The van der Waals surface area contributed by atoms with Crippen molar-refractivity contribution >= 4 is 23.3 Å². The molecule has 7 heteroatoms. The maximum atomic E-state index is 12.2. The number of urea groups is 1. The summed E-state index contributed by atoms with van der Waals surface area (Å²) in [5.74, 6) is 0.200. The summed E-state index contributed by atoms with van der Waals surface area (Å²) in [5, 5.41) is 8.63. The Bertz CT molecular complexity index is 837. The van der Waals surface area contributed by atoms with Gasteiger partial charge < -0.3 is 20.9 Å². The molecule has 2 heterocycles. The van der Waals surface area contributed by atoms with E-state index in [1.165, 1.54) is 0 Å². The summed E-state index contributed by atoms with van der Waals surface area (Å²) in [6.45, 7) is 6.86. The van der Waals surface area contributed by atoms with Crippen molar-refractivity contribution in [1.29, 1.82) is 0 Å². The Morgan fingerprint density at radius 2 is 1.97 bits per heavy atom. The SMILES string of the molecule is CCNC(=O)c1cc(N2CCC[C@@H](CNC(=O)Nc3ccc(C)cc3)C2)ccn1. The van der Waals surface area contributed by atoms with E-state index in [4.69, 9.17) is 0 Å². The van der Waals surface area contributed by atoms with Gasteiger partial charge in [0.2, 0.25) is 0 Å². The number of hydrogen-bond acceptors (Lipinski definition) is 4. The molecule has 1 aliphatic heterocycles. The lowest BCUT2D eigenvalue weighted by Crippen LogP contribution is -2.42. The van der Waals surface area contributed by atoms with Crippen LogP contribution in [0, 0.1) is 12.8 Å². The summed E-state index contributed by atoms with van der Waals surface area (Å²) in [6, 6.07) is 11.3. The average molecular weight is 396 g/mol. The van der Waals surface area contributed by atoms with Gasteiger partial charge in [-0.3, -0.25) is 9.78 Å². The molecule has 3 amide bonds. The fourth-order valence-corrected chi connectivity index (χ4v) is 3.51. The average Bonchev–Trinajstić information content (AvgIpc) is 2.74. The molecule has 29 heavy (non-hydrogen) atoms. The molecule has 1 fully saturated rings. The van der Waals surface area contributed by atoms with E-state index < -0.39 is 0 Å². The summed E-state index contributed by atoms with van der Waals surface area (Å²) in [7, 11) is 0. The molecule has 1 aromatic carbocycles. The quantitative estimate of drug-likeness (QED) is 0.701. The van der Waals surface area contributed by atoms with Crippen molar-refractivity contribution in [2.75, 3.05) is 36.4 Å². The predicted octanol–water partition coefficient (Wildman–Crippen LogP) is 3.18. The largest absolute Gasteiger partial charge is 0.371 e. The maximum absolute atomic E-state index is 12.2. The molecule has 1 aromatic heterocycles. The van der Waals surface area contributed by atoms with Gasteiger partial charge in [-0.2, -0.15) is 0 Å². The minimum absolute atomic E-state index is 0.155. The highest BCUT2D eigenvalue weighted by Crippen LogP contribution is 2.23. The number of carbonyl (C=O) groups is 2. The van der Waals surface area contributed by atoms with Gasteiger partial charge in [-0.05, 0) is 56.9 Å². The molecule has 3 N–H and O–H groups in total. The number of nitrogens with one attached hydrogen (secondary N) is 3. The van der Waals surface area contributed by atoms with Gasteiger partial charge in [-0.1, -0.05) is 17.7 Å². The minimum Gasteiger partial charge on any atom is -0.371 e. The highest BCUT2D eigenvalue weighted by molar-refractivity contribution is 5.93. The second kappa shape index (κ2) is 9.91. The minimum atomic E-state index is -0.187. The zero-order valence-electron chi connectivity index (χ0n) is 17.1. The van der Waals surface area contributed by atoms with E-state index in [1.54, 1.807) is 6.20 Å². The number of aryl methyl sites for hydroxylation is 1. The number of hydrogen-bond donors (Lipinski definition) is 3. The van der Waals surface area contributed by atoms with E-state index in [1.807, 2.05) is 50.2 Å². The number of amides is 3. The normalized spacial score (nSPS) is 16.2. The Morgan fingerprint density at radius 1 is 1.17 bits per heavy atom. The van der Waals surface area contributed by atoms with Crippen LogP contribution in [0.15, 0.2) is 42.6 Å². The van der Waals surface area contributed by atoms with Crippen molar-refractivity contribution in [3.63, 3.8) is 0 Å². The maximum Gasteiger partial charge on any atom is 0.319 e. The van der Waals surface area contributed by atoms with E-state index in [-0.39, 0.29) is 11.9 Å². The molecule has 0 radical (unpaired) electrons. The molecule has 1 saturated heterocycles. The Kier molecular flexibility index (Phi) is 7.05. The van der Waals surface area contributed by atoms with Gasteiger partial charge in [-0.15, -0.1) is 0 Å². The van der Waals surface area contributed by atoms with Crippen molar-refractivity contribution in [3.8, 4) is 0 Å². The standard InChI is InChI=1S/C22H29N5O2/c1-3-23-21(28)20-13-19(10-11-24-20)27-12-4-5-17(15-27)14-25-22(29)26-18-8-6-16(2)7-9-18/h6-11,13,17H,3-5,12,14-15H2,1-2H3,(H,23,28)(H2,25,26,29)/t17-/m0/s1. The first-order valence-corrected chi connectivity index (χ1v) is 10.2. The van der Waals surface area contributed by atoms with E-state index in [9.17, 15) is 9.59 Å². The van der Waals surface area contributed by atoms with Gasteiger partial charge in [0.1, 0.15) is 5.69 Å². The molecule has 0 unspecified atom stereocenters. The van der Waals surface area contributed by atoms with E-state index in [0.717, 1.165) is 42.9 Å². The first-order valence-electron chi connectivity index (χ1n) is 10.2. The van der Waals surface area contributed by atoms with Crippen LogP contribution in [-0.4, -0.2) is 43.1 Å². The monoisotopic (exact) mass is 395 g/mol. The second-order valence-corrected chi connectivity index (χ2v) is 7.41. The predicted molar refractivity (Wildman–Crippen MR) is 115 cm³/mol. The van der Waals surface area contributed by atoms with E-state index >= 15 is 0 Å². The highest BCUT2D eigenvalue weighted by Gasteiger charge is 2.21. The fourth-order valence-electron chi connectivity index (χ4n) is 3.51. The van der Waals surface area contributed by atoms with E-state index in [2.05, 4.69) is 25.8 Å². The van der Waals surface area contributed by atoms with Crippen LogP contribution in [0.3, 0.4) is 0 Å². The number of rotatable bonds is 6. The lowest BCUT2D eigenvalue weighted by Gasteiger charge is -2.34. The fraction of sp³-hybridized carbons (Fsp3) is 0.409. The summed E-state index contributed by atoms with van der Waals surface area (Å²) >= 11 is 0. The first kappa shape index (κ1) is 20.6. The summed E-state index contributed by atoms with van der Waals surface area (Å²) in [5.41, 5.74) is 3.37. The molecule has 1 aliphatic rings. The third kappa shape index (κ3) is 5.94. The van der Waals surface area contributed by atoms with Crippen molar-refractivity contribution in [3.05, 3.63) is 53.9 Å². The number of benzene rings is 1. The number of nitrogens with zero attached hydrogens (tertiary/aromatic N) is 2. The highest BCUT2D eigenvalue weighted by atomic mass is 16.2. The third-order valence-electron chi connectivity index (χ3n) is 5.06. The van der Waals surface area contributed by atoms with Crippen LogP contribution < -0.4 is 20.9 Å². The lowest BCUT2D eigenvalue weighted by atomic mass is 9.97. The number of piperidine rings is 1.